The Morgan fingerprint density at radius 1 is 1.21 bits per heavy atom. The first kappa shape index (κ1) is 21.2. The van der Waals surface area contributed by atoms with Gasteiger partial charge >= 0.3 is 15.5 Å². The van der Waals surface area contributed by atoms with Gasteiger partial charge in [-0.3, -0.25) is 4.72 Å². The van der Waals surface area contributed by atoms with E-state index in [1.54, 1.807) is 18.6 Å². The van der Waals surface area contributed by atoms with Crippen molar-refractivity contribution in [3.05, 3.63) is 59.2 Å². The zero-order valence-electron chi connectivity index (χ0n) is 14.9. The van der Waals surface area contributed by atoms with E-state index >= 15 is 0 Å². The summed E-state index contributed by atoms with van der Waals surface area (Å²) in [7, 11) is -5.58. The maximum Gasteiger partial charge on any atom is 0.516 e. The lowest BCUT2D eigenvalue weighted by Crippen LogP contribution is -2.30. The van der Waals surface area contributed by atoms with E-state index in [-0.39, 0.29) is 23.4 Å². The van der Waals surface area contributed by atoms with Crippen molar-refractivity contribution in [3.8, 4) is 11.8 Å². The summed E-state index contributed by atoms with van der Waals surface area (Å²) in [5.74, 6) is 0.315. The number of nitrogens with zero attached hydrogens (tertiary/aromatic N) is 2. The summed E-state index contributed by atoms with van der Waals surface area (Å²) in [6, 6.07) is 12.2. The Morgan fingerprint density at radius 3 is 2.39 bits per heavy atom. The van der Waals surface area contributed by atoms with E-state index < -0.39 is 15.5 Å². The molecule has 0 atom stereocenters. The average molecular weight is 411 g/mol. The number of aryl methyl sites for hydroxylation is 1. The van der Waals surface area contributed by atoms with Gasteiger partial charge in [-0.1, -0.05) is 23.7 Å². The van der Waals surface area contributed by atoms with Crippen LogP contribution in [0.25, 0.3) is 0 Å². The van der Waals surface area contributed by atoms with Gasteiger partial charge in [0.1, 0.15) is 0 Å². The Balaban J connectivity index is 2.39. The van der Waals surface area contributed by atoms with E-state index in [4.69, 9.17) is 10.1 Å². The van der Waals surface area contributed by atoms with Crippen LogP contribution in [-0.2, 0) is 10.0 Å². The van der Waals surface area contributed by atoms with Gasteiger partial charge in [-0.2, -0.15) is 26.9 Å². The number of nitriles is 1. The molecule has 0 aliphatic heterocycles. The monoisotopic (exact) mass is 411 g/mol. The van der Waals surface area contributed by atoms with Gasteiger partial charge in [0.15, 0.2) is 5.75 Å². The second-order valence-electron chi connectivity index (χ2n) is 5.72. The molecule has 0 aliphatic rings. The molecule has 0 unspecified atom stereocenters. The molecular formula is C18H16F3N3O3S. The second kappa shape index (κ2) is 8.31. The fraction of sp³-hybridized carbons (Fsp3) is 0.222. The van der Waals surface area contributed by atoms with Crippen LogP contribution < -0.4 is 9.56 Å². The maximum absolute atomic E-state index is 12.7. The molecule has 0 aromatic heterocycles. The topological polar surface area (TPSA) is 91.5 Å². The fourth-order valence-electron chi connectivity index (χ4n) is 2.19. The predicted octanol–water partition coefficient (Wildman–Crippen LogP) is 4.32. The molecule has 2 aromatic carbocycles. The lowest BCUT2D eigenvalue weighted by atomic mass is 10.0. The number of benzene rings is 2. The molecule has 0 heterocycles. The average Bonchev–Trinajstić information content (AvgIpc) is 2.63. The second-order valence-corrected chi connectivity index (χ2v) is 7.39. The zero-order valence-corrected chi connectivity index (χ0v) is 15.7. The number of hydrogen-bond acceptors (Lipinski definition) is 5. The van der Waals surface area contributed by atoms with Gasteiger partial charge in [0.2, 0.25) is 0 Å². The minimum atomic E-state index is -5.58. The molecule has 0 bridgehead atoms. The van der Waals surface area contributed by atoms with Gasteiger partial charge in [0.05, 0.1) is 23.0 Å². The van der Waals surface area contributed by atoms with Gasteiger partial charge in [0, 0.05) is 5.56 Å². The molecule has 148 valence electrons. The van der Waals surface area contributed by atoms with Crippen molar-refractivity contribution in [1.82, 2.24) is 0 Å². The van der Waals surface area contributed by atoms with Crippen molar-refractivity contribution in [2.75, 3.05) is 4.72 Å². The minimum Gasteiger partial charge on any atom is -0.357 e. The molecule has 2 aromatic rings. The third-order valence-corrected chi connectivity index (χ3v) is 4.71. The molecule has 0 saturated carbocycles. The summed E-state index contributed by atoms with van der Waals surface area (Å²) in [5, 5.41) is 12.7. The van der Waals surface area contributed by atoms with Crippen LogP contribution in [0.1, 0.15) is 30.0 Å². The van der Waals surface area contributed by atoms with Crippen LogP contribution in [0, 0.1) is 18.3 Å². The van der Waals surface area contributed by atoms with Gasteiger partial charge in [-0.25, -0.2) is 0 Å². The van der Waals surface area contributed by atoms with E-state index in [9.17, 15) is 21.6 Å². The molecule has 0 spiro atoms. The molecule has 0 aliphatic carbocycles. The standard InChI is InChI=1S/C18H16F3N3O3S/c1-3-16(23-27-14-7-5-13(11-22)6-8-14)15-10-12(2)4-9-17(15)24-28(25,26)18(19,20)21/h4-10,24H,3H2,1-2H3/b23-16+. The van der Waals surface area contributed by atoms with Crippen LogP contribution in [0.15, 0.2) is 47.6 Å². The van der Waals surface area contributed by atoms with E-state index in [2.05, 4.69) is 5.16 Å². The van der Waals surface area contributed by atoms with Crippen LogP contribution in [0.3, 0.4) is 0 Å². The van der Waals surface area contributed by atoms with Crippen molar-refractivity contribution < 1.29 is 26.4 Å². The van der Waals surface area contributed by atoms with Gasteiger partial charge in [-0.15, -0.1) is 0 Å². The number of oxime groups is 1. The number of halogens is 3. The van der Waals surface area contributed by atoms with Crippen molar-refractivity contribution in [2.24, 2.45) is 5.16 Å². The lowest BCUT2D eigenvalue weighted by molar-refractivity contribution is -0.0429. The summed E-state index contributed by atoms with van der Waals surface area (Å²) < 4.78 is 62.7. The summed E-state index contributed by atoms with van der Waals surface area (Å²) >= 11 is 0. The normalized spacial score (nSPS) is 12.4. The van der Waals surface area contributed by atoms with Crippen molar-refractivity contribution in [3.63, 3.8) is 0 Å². The van der Waals surface area contributed by atoms with E-state index in [0.29, 0.717) is 16.9 Å². The highest BCUT2D eigenvalue weighted by atomic mass is 32.2. The Hall–Kier alpha value is -3.06. The number of hydrogen-bond donors (Lipinski definition) is 1. The van der Waals surface area contributed by atoms with Crippen LogP contribution in [0.2, 0.25) is 0 Å². The minimum absolute atomic E-state index is 0.170. The number of nitrogens with one attached hydrogen (secondary N) is 1. The summed E-state index contributed by atoms with van der Waals surface area (Å²) in [6.07, 6.45) is 0.264. The number of anilines is 1. The maximum atomic E-state index is 12.7. The highest BCUT2D eigenvalue weighted by molar-refractivity contribution is 7.93. The van der Waals surface area contributed by atoms with E-state index in [0.717, 1.165) is 0 Å². The first-order valence-corrected chi connectivity index (χ1v) is 9.50. The summed E-state index contributed by atoms with van der Waals surface area (Å²) in [4.78, 5) is 5.28. The van der Waals surface area contributed by atoms with Crippen molar-refractivity contribution in [1.29, 1.82) is 5.26 Å². The molecule has 6 nitrogen and oxygen atoms in total. The first-order valence-electron chi connectivity index (χ1n) is 8.01. The first-order chi connectivity index (χ1) is 13.1. The Bertz CT molecular complexity index is 1020. The molecule has 0 radical (unpaired) electrons. The highest BCUT2D eigenvalue weighted by Crippen LogP contribution is 2.28. The van der Waals surface area contributed by atoms with E-state index in [1.807, 2.05) is 6.07 Å². The zero-order chi connectivity index (χ0) is 20.9. The van der Waals surface area contributed by atoms with Crippen LogP contribution in [0.4, 0.5) is 18.9 Å². The lowest BCUT2D eigenvalue weighted by Gasteiger charge is -2.15. The summed E-state index contributed by atoms with van der Waals surface area (Å²) in [5.41, 5.74) is -4.17. The number of alkyl halides is 3. The van der Waals surface area contributed by atoms with Gasteiger partial charge in [-0.05, 0) is 49.7 Å². The molecule has 2 rings (SSSR count). The molecule has 28 heavy (non-hydrogen) atoms. The molecule has 0 fully saturated rings. The molecule has 0 amide bonds. The highest BCUT2D eigenvalue weighted by Gasteiger charge is 2.46. The fourth-order valence-corrected chi connectivity index (χ4v) is 2.77. The SMILES string of the molecule is CC/C(=N\Oc1ccc(C#N)cc1)c1cc(C)ccc1NS(=O)(=O)C(F)(F)F. The quantitative estimate of drug-likeness (QED) is 0.566. The Morgan fingerprint density at radius 2 is 1.86 bits per heavy atom. The van der Waals surface area contributed by atoms with Crippen LogP contribution in [0.5, 0.6) is 5.75 Å². The van der Waals surface area contributed by atoms with E-state index in [1.165, 1.54) is 42.5 Å². The van der Waals surface area contributed by atoms with Crippen molar-refractivity contribution >= 4 is 21.4 Å². The molecule has 0 saturated heterocycles. The Labute approximate surface area is 160 Å². The van der Waals surface area contributed by atoms with Crippen LogP contribution in [-0.4, -0.2) is 19.6 Å². The molecule has 1 N–H and O–H groups in total. The molecular weight excluding hydrogens is 395 g/mol. The third-order valence-electron chi connectivity index (χ3n) is 3.61. The number of rotatable bonds is 6. The Kier molecular flexibility index (Phi) is 6.30. The van der Waals surface area contributed by atoms with Gasteiger partial charge in [0.25, 0.3) is 0 Å². The smallest absolute Gasteiger partial charge is 0.357 e. The number of sulfonamides is 1. The largest absolute Gasteiger partial charge is 0.516 e. The van der Waals surface area contributed by atoms with Crippen molar-refractivity contribution in [2.45, 2.75) is 25.8 Å². The summed E-state index contributed by atoms with van der Waals surface area (Å²) in [6.45, 7) is 3.41. The predicted molar refractivity (Wildman–Crippen MR) is 98.4 cm³/mol. The van der Waals surface area contributed by atoms with Crippen LogP contribution >= 0.6 is 0 Å². The van der Waals surface area contributed by atoms with Gasteiger partial charge < -0.3 is 4.84 Å². The third kappa shape index (κ3) is 5.01. The molecule has 10 heteroatoms.